The maximum Gasteiger partial charge on any atom is 0.244 e. The quantitative estimate of drug-likeness (QED) is 0.359. The van der Waals surface area contributed by atoms with Crippen molar-refractivity contribution in [2.45, 2.75) is 60.0 Å². The molecule has 2 bridgehead atoms. The van der Waals surface area contributed by atoms with E-state index >= 15 is 0 Å². The molecule has 0 aromatic heterocycles. The first-order valence-corrected chi connectivity index (χ1v) is 13.0. The van der Waals surface area contributed by atoms with E-state index < -0.39 is 28.7 Å². The molecule has 1 spiro atoms. The summed E-state index contributed by atoms with van der Waals surface area (Å²) in [6.45, 7) is 4.12. The molecular formula is C23H30BrN3O4S. The second kappa shape index (κ2) is 9.35. The van der Waals surface area contributed by atoms with Gasteiger partial charge in [0.25, 0.3) is 0 Å². The molecule has 0 saturated carbocycles. The van der Waals surface area contributed by atoms with Gasteiger partial charge in [0.05, 0.1) is 29.2 Å². The molecule has 0 aliphatic carbocycles. The number of aliphatic hydroxyl groups excluding tert-OH is 1. The highest BCUT2D eigenvalue weighted by Crippen LogP contribution is 2.68. The van der Waals surface area contributed by atoms with Crippen molar-refractivity contribution in [1.29, 1.82) is 0 Å². The Bertz CT molecular complexity index is 887. The molecule has 4 rings (SSSR count). The fourth-order valence-electron chi connectivity index (χ4n) is 5.46. The van der Waals surface area contributed by atoms with Crippen LogP contribution in [0.1, 0.15) is 33.1 Å². The fraction of sp³-hybridized carbons (Fsp3) is 0.609. The van der Waals surface area contributed by atoms with Crippen molar-refractivity contribution in [3.05, 3.63) is 30.3 Å². The van der Waals surface area contributed by atoms with Crippen LogP contribution < -0.4 is 10.6 Å². The summed E-state index contributed by atoms with van der Waals surface area (Å²) in [7, 11) is 0. The van der Waals surface area contributed by atoms with E-state index in [-0.39, 0.29) is 34.4 Å². The van der Waals surface area contributed by atoms with Crippen LogP contribution >= 0.6 is 27.7 Å². The van der Waals surface area contributed by atoms with E-state index in [0.717, 1.165) is 12.8 Å². The van der Waals surface area contributed by atoms with Crippen molar-refractivity contribution in [3.63, 3.8) is 0 Å². The number of nitrogens with zero attached hydrogens (tertiary/aromatic N) is 1. The summed E-state index contributed by atoms with van der Waals surface area (Å²) in [6, 6.07) is 8.01. The third-order valence-corrected chi connectivity index (χ3v) is 10.1. The van der Waals surface area contributed by atoms with Crippen molar-refractivity contribution in [2.24, 2.45) is 11.8 Å². The van der Waals surface area contributed by atoms with Gasteiger partial charge < -0.3 is 20.6 Å². The van der Waals surface area contributed by atoms with Crippen LogP contribution in [0.25, 0.3) is 0 Å². The topological polar surface area (TPSA) is 98.7 Å². The lowest BCUT2D eigenvalue weighted by molar-refractivity contribution is -0.141. The number of anilines is 1. The molecule has 3 saturated heterocycles. The molecule has 7 nitrogen and oxygen atoms in total. The van der Waals surface area contributed by atoms with Gasteiger partial charge in [-0.3, -0.25) is 14.4 Å². The van der Waals surface area contributed by atoms with Crippen LogP contribution in [0.15, 0.2) is 30.3 Å². The monoisotopic (exact) mass is 523 g/mol. The summed E-state index contributed by atoms with van der Waals surface area (Å²) in [5.74, 6) is -1.73. The molecule has 0 radical (unpaired) electrons. The van der Waals surface area contributed by atoms with E-state index in [1.54, 1.807) is 23.6 Å². The van der Waals surface area contributed by atoms with E-state index in [4.69, 9.17) is 0 Å². The molecule has 1 aromatic carbocycles. The molecule has 3 unspecified atom stereocenters. The summed E-state index contributed by atoms with van der Waals surface area (Å²) in [5, 5.41) is 15.7. The lowest BCUT2D eigenvalue weighted by Crippen LogP contribution is -2.56. The smallest absolute Gasteiger partial charge is 0.244 e. The molecule has 3 aliphatic rings. The number of nitrogens with one attached hydrogen (secondary N) is 2. The molecule has 7 atom stereocenters. The molecule has 1 aromatic rings. The summed E-state index contributed by atoms with van der Waals surface area (Å²) >= 11 is 5.35. The number of carbonyl (C=O) groups is 3. The summed E-state index contributed by atoms with van der Waals surface area (Å²) in [5.41, 5.74) is 0.685. The molecular weight excluding hydrogens is 494 g/mol. The zero-order chi connectivity index (χ0) is 23.0. The third-order valence-electron chi connectivity index (χ3n) is 6.89. The molecule has 9 heteroatoms. The van der Waals surface area contributed by atoms with E-state index in [0.29, 0.717) is 18.7 Å². The maximum absolute atomic E-state index is 13.7. The van der Waals surface area contributed by atoms with Crippen molar-refractivity contribution in [2.75, 3.05) is 18.5 Å². The number of amides is 3. The summed E-state index contributed by atoms with van der Waals surface area (Å²) in [6.07, 6.45) is 2.45. The summed E-state index contributed by atoms with van der Waals surface area (Å²) in [4.78, 5) is 42.1. The molecule has 3 amide bonds. The Morgan fingerprint density at radius 1 is 1.31 bits per heavy atom. The predicted octanol–water partition coefficient (Wildman–Crippen LogP) is 2.39. The Morgan fingerprint density at radius 3 is 2.69 bits per heavy atom. The normalized spacial score (nSPS) is 33.8. The largest absolute Gasteiger partial charge is 0.394 e. The van der Waals surface area contributed by atoms with Crippen LogP contribution in [0.3, 0.4) is 0 Å². The minimum absolute atomic E-state index is 0.0263. The van der Waals surface area contributed by atoms with Crippen LogP contribution in [0, 0.1) is 11.8 Å². The van der Waals surface area contributed by atoms with Crippen LogP contribution in [0.4, 0.5) is 5.69 Å². The zero-order valence-corrected chi connectivity index (χ0v) is 20.7. The van der Waals surface area contributed by atoms with Gasteiger partial charge in [-0.05, 0) is 31.9 Å². The molecule has 3 heterocycles. The van der Waals surface area contributed by atoms with Gasteiger partial charge >= 0.3 is 0 Å². The van der Waals surface area contributed by atoms with Crippen LogP contribution in [0.5, 0.6) is 0 Å². The Labute approximate surface area is 201 Å². The Kier molecular flexibility index (Phi) is 6.89. The first kappa shape index (κ1) is 23.6. The SMILES string of the molecule is CCCCNC(=O)C1N([C@H](C)CO)C(=O)[C@@H]2[C@H](C(=O)Nc3ccccc3)[C@H]3SC12CC3Br. The lowest BCUT2D eigenvalue weighted by atomic mass is 9.70. The number of para-hydroxylation sites is 1. The maximum atomic E-state index is 13.7. The Hall–Kier alpha value is -1.58. The lowest BCUT2D eigenvalue weighted by Gasteiger charge is -2.36. The van der Waals surface area contributed by atoms with Crippen molar-refractivity contribution < 1.29 is 19.5 Å². The number of unbranched alkanes of at least 4 members (excludes halogenated alkanes) is 1. The average molecular weight is 524 g/mol. The van der Waals surface area contributed by atoms with E-state index in [9.17, 15) is 19.5 Å². The second-order valence-corrected chi connectivity index (χ2v) is 11.7. The number of alkyl halides is 1. The number of likely N-dealkylation sites (tertiary alicyclic amines) is 1. The second-order valence-electron chi connectivity index (χ2n) is 8.94. The predicted molar refractivity (Wildman–Crippen MR) is 129 cm³/mol. The standard InChI is InChI=1S/C23H30BrN3O4S/c1-3-4-10-25-21(30)19-23-11-15(24)18(32-23)16(17(23)22(31)27(19)13(2)12-28)20(29)26-14-8-6-5-7-9-14/h5-9,13,15-19,28H,3-4,10-12H2,1-2H3,(H,25,30)(H,26,29)/t13-,15?,16+,17+,18+,19?,23?/m1/s1. The van der Waals surface area contributed by atoms with Gasteiger partial charge in [0.15, 0.2) is 0 Å². The minimum atomic E-state index is -0.705. The number of benzene rings is 1. The van der Waals surface area contributed by atoms with Crippen molar-refractivity contribution in [3.8, 4) is 0 Å². The summed E-state index contributed by atoms with van der Waals surface area (Å²) < 4.78 is -0.686. The molecule has 32 heavy (non-hydrogen) atoms. The molecule has 3 aliphatic heterocycles. The average Bonchev–Trinajstić information content (AvgIpc) is 3.37. The van der Waals surface area contributed by atoms with Crippen LogP contribution in [0.2, 0.25) is 0 Å². The first-order valence-electron chi connectivity index (χ1n) is 11.2. The van der Waals surface area contributed by atoms with E-state index in [1.165, 1.54) is 0 Å². The molecule has 174 valence electrons. The zero-order valence-electron chi connectivity index (χ0n) is 18.3. The van der Waals surface area contributed by atoms with Crippen LogP contribution in [-0.2, 0) is 14.4 Å². The highest BCUT2D eigenvalue weighted by molar-refractivity contribution is 9.09. The highest BCUT2D eigenvalue weighted by atomic mass is 79.9. The Morgan fingerprint density at radius 2 is 2.03 bits per heavy atom. The van der Waals surface area contributed by atoms with E-state index in [1.807, 2.05) is 30.3 Å². The van der Waals surface area contributed by atoms with E-state index in [2.05, 4.69) is 33.5 Å². The molecule has 3 N–H and O–H groups in total. The van der Waals surface area contributed by atoms with Gasteiger partial charge in [0, 0.05) is 22.3 Å². The third kappa shape index (κ3) is 3.76. The van der Waals surface area contributed by atoms with Gasteiger partial charge in [-0.1, -0.05) is 47.5 Å². The van der Waals surface area contributed by atoms with Gasteiger partial charge in [-0.25, -0.2) is 0 Å². The van der Waals surface area contributed by atoms with Gasteiger partial charge in [0.1, 0.15) is 6.04 Å². The number of rotatable bonds is 8. The van der Waals surface area contributed by atoms with Crippen molar-refractivity contribution >= 4 is 51.1 Å². The number of hydrogen-bond acceptors (Lipinski definition) is 5. The number of carbonyl (C=O) groups excluding carboxylic acids is 3. The van der Waals surface area contributed by atoms with Gasteiger partial charge in [-0.15, -0.1) is 11.8 Å². The first-order chi connectivity index (χ1) is 15.4. The fourth-order valence-corrected chi connectivity index (χ4v) is 9.06. The van der Waals surface area contributed by atoms with Crippen LogP contribution in [-0.4, -0.2) is 67.8 Å². The minimum Gasteiger partial charge on any atom is -0.394 e. The van der Waals surface area contributed by atoms with Gasteiger partial charge in [0.2, 0.25) is 17.7 Å². The number of thioether (sulfide) groups is 1. The number of fused-ring (bicyclic) bond motifs is 1. The van der Waals surface area contributed by atoms with Gasteiger partial charge in [-0.2, -0.15) is 0 Å². The number of aliphatic hydroxyl groups is 1. The number of hydrogen-bond donors (Lipinski definition) is 3. The van der Waals surface area contributed by atoms with Crippen molar-refractivity contribution in [1.82, 2.24) is 10.2 Å². The molecule has 3 fully saturated rings. The highest BCUT2D eigenvalue weighted by Gasteiger charge is 2.75. The Balaban J connectivity index is 1.68. The number of halogens is 1.